The van der Waals surface area contributed by atoms with Crippen molar-refractivity contribution >= 4 is 23.2 Å². The average Bonchev–Trinajstić information content (AvgIpc) is 3.28. The fourth-order valence-corrected chi connectivity index (χ4v) is 3.60. The van der Waals surface area contributed by atoms with Gasteiger partial charge >= 0.3 is 0 Å². The van der Waals surface area contributed by atoms with Crippen LogP contribution in [0, 0.1) is 44.1 Å². The minimum Gasteiger partial charge on any atom is -0.493 e. The largest absolute Gasteiger partial charge is 0.493 e. The third-order valence-corrected chi connectivity index (χ3v) is 5.42. The number of nitrogens with zero attached hydrogens (tertiary/aromatic N) is 6. The number of nitro benzene ring substituents is 1. The van der Waals surface area contributed by atoms with E-state index in [4.69, 9.17) is 15.2 Å². The summed E-state index contributed by atoms with van der Waals surface area (Å²) in [6.07, 6.45) is 1.52. The van der Waals surface area contributed by atoms with E-state index in [-0.39, 0.29) is 51.1 Å². The van der Waals surface area contributed by atoms with Gasteiger partial charge in [0.05, 0.1) is 23.3 Å². The first-order valence-electron chi connectivity index (χ1n) is 10.9. The lowest BCUT2D eigenvalue weighted by molar-refractivity contribution is -0.384. The van der Waals surface area contributed by atoms with E-state index in [1.807, 2.05) is 18.2 Å². The molecule has 3 aromatic carbocycles. The predicted octanol–water partition coefficient (Wildman–Crippen LogP) is 4.97. The molecule has 0 fully saturated rings. The molecule has 11 nitrogen and oxygen atoms in total. The average molecular weight is 503 g/mol. The number of aromatic nitrogens is 2. The molecule has 0 aliphatic carbocycles. The summed E-state index contributed by atoms with van der Waals surface area (Å²) in [6.45, 7) is 0. The highest BCUT2D eigenvalue weighted by molar-refractivity contribution is 5.91. The summed E-state index contributed by atoms with van der Waals surface area (Å²) < 4.78 is 12.6. The lowest BCUT2D eigenvalue weighted by atomic mass is 10.1. The summed E-state index contributed by atoms with van der Waals surface area (Å²) in [6, 6.07) is 23.4. The van der Waals surface area contributed by atoms with Crippen molar-refractivity contribution in [3.05, 3.63) is 99.2 Å². The van der Waals surface area contributed by atoms with Crippen molar-refractivity contribution in [2.24, 2.45) is 0 Å². The number of methoxy groups -OCH3 is 1. The Balaban J connectivity index is 1.71. The molecule has 4 aromatic rings. The normalized spacial score (nSPS) is 10.6. The summed E-state index contributed by atoms with van der Waals surface area (Å²) in [4.78, 5) is 10.4. The van der Waals surface area contributed by atoms with E-state index < -0.39 is 4.92 Å². The number of benzene rings is 3. The zero-order valence-electron chi connectivity index (χ0n) is 19.8. The van der Waals surface area contributed by atoms with E-state index in [0.29, 0.717) is 11.3 Å². The quantitative estimate of drug-likeness (QED) is 0.207. The highest BCUT2D eigenvalue weighted by Crippen LogP contribution is 2.36. The van der Waals surface area contributed by atoms with E-state index in [1.165, 1.54) is 30.0 Å². The smallest absolute Gasteiger partial charge is 0.271 e. The maximum atomic E-state index is 11.0. The molecule has 4 rings (SSSR count). The molecule has 0 aliphatic rings. The maximum Gasteiger partial charge on any atom is 0.271 e. The van der Waals surface area contributed by atoms with Gasteiger partial charge in [-0.3, -0.25) is 10.1 Å². The maximum absolute atomic E-state index is 11.0. The lowest BCUT2D eigenvalue weighted by Crippen LogP contribution is -2.02. The van der Waals surface area contributed by atoms with Crippen LogP contribution in [0.4, 0.5) is 11.5 Å². The number of nitrogen functional groups attached to an aromatic ring is 1. The van der Waals surface area contributed by atoms with Gasteiger partial charge in [-0.2, -0.15) is 20.9 Å². The minimum atomic E-state index is -0.604. The molecule has 0 amide bonds. The number of ether oxygens (including phenoxy) is 2. The van der Waals surface area contributed by atoms with E-state index in [0.717, 1.165) is 6.07 Å². The molecule has 0 atom stereocenters. The SMILES string of the molecule is COc1cc(/C=C(\C#N)c2nn(-c3ccccc3)c(N)c2C#N)ccc1Oc1ccc([N+](=O)[O-])cc1C#N. The topological polar surface area (TPSA) is 177 Å². The third kappa shape index (κ3) is 4.82. The van der Waals surface area contributed by atoms with Crippen LogP contribution < -0.4 is 15.2 Å². The number of non-ortho nitro benzene ring substituents is 1. The molecule has 0 saturated heterocycles. The van der Waals surface area contributed by atoms with E-state index in [1.54, 1.807) is 42.5 Å². The van der Waals surface area contributed by atoms with Crippen LogP contribution in [0.5, 0.6) is 17.2 Å². The van der Waals surface area contributed by atoms with Crippen LogP contribution in [0.15, 0.2) is 66.7 Å². The molecule has 1 aromatic heterocycles. The number of nitriles is 3. The van der Waals surface area contributed by atoms with E-state index >= 15 is 0 Å². The molecule has 0 aliphatic heterocycles. The van der Waals surface area contributed by atoms with Crippen molar-refractivity contribution in [3.8, 4) is 41.1 Å². The fourth-order valence-electron chi connectivity index (χ4n) is 3.60. The van der Waals surface area contributed by atoms with Gasteiger partial charge in [0.1, 0.15) is 46.6 Å². The van der Waals surface area contributed by atoms with Crippen molar-refractivity contribution in [1.82, 2.24) is 9.78 Å². The van der Waals surface area contributed by atoms with Gasteiger partial charge in [0, 0.05) is 12.1 Å². The summed E-state index contributed by atoms with van der Waals surface area (Å²) in [5, 5.41) is 44.4. The Kier molecular flexibility index (Phi) is 7.00. The first-order valence-corrected chi connectivity index (χ1v) is 10.9. The number of nitrogens with two attached hydrogens (primary N) is 1. The molecular weight excluding hydrogens is 486 g/mol. The number of hydrogen-bond donors (Lipinski definition) is 1. The van der Waals surface area contributed by atoms with Gasteiger partial charge in [-0.25, -0.2) is 4.68 Å². The molecule has 0 saturated carbocycles. The number of allylic oxidation sites excluding steroid dienone is 1. The zero-order chi connectivity index (χ0) is 27.2. The monoisotopic (exact) mass is 503 g/mol. The first-order chi connectivity index (χ1) is 18.4. The fraction of sp³-hybridized carbons (Fsp3) is 0.0370. The van der Waals surface area contributed by atoms with Crippen LogP contribution in [0.3, 0.4) is 0 Å². The molecular formula is C27H17N7O4. The molecule has 1 heterocycles. The van der Waals surface area contributed by atoms with Crippen LogP contribution in [0.25, 0.3) is 17.3 Å². The Labute approximate surface area is 216 Å². The zero-order valence-corrected chi connectivity index (χ0v) is 19.8. The van der Waals surface area contributed by atoms with Gasteiger partial charge in [0.2, 0.25) is 0 Å². The molecule has 0 radical (unpaired) electrons. The molecule has 0 unspecified atom stereocenters. The van der Waals surface area contributed by atoms with Gasteiger partial charge in [-0.1, -0.05) is 24.3 Å². The van der Waals surface area contributed by atoms with Gasteiger partial charge in [0.25, 0.3) is 5.69 Å². The highest BCUT2D eigenvalue weighted by atomic mass is 16.6. The first kappa shape index (κ1) is 25.0. The second-order valence-electron chi connectivity index (χ2n) is 7.70. The number of nitro groups is 1. The van der Waals surface area contributed by atoms with E-state index in [9.17, 15) is 25.9 Å². The van der Waals surface area contributed by atoms with Crippen LogP contribution >= 0.6 is 0 Å². The molecule has 38 heavy (non-hydrogen) atoms. The van der Waals surface area contributed by atoms with Crippen molar-refractivity contribution in [1.29, 1.82) is 15.8 Å². The molecule has 0 bridgehead atoms. The van der Waals surface area contributed by atoms with Crippen molar-refractivity contribution in [3.63, 3.8) is 0 Å². The molecule has 0 spiro atoms. The number of para-hydroxylation sites is 1. The number of hydrogen-bond acceptors (Lipinski definition) is 9. The Hall–Kier alpha value is -6.12. The molecule has 2 N–H and O–H groups in total. The van der Waals surface area contributed by atoms with Crippen LogP contribution in [0.2, 0.25) is 0 Å². The third-order valence-electron chi connectivity index (χ3n) is 5.42. The Morgan fingerprint density at radius 2 is 1.76 bits per heavy atom. The standard InChI is InChI=1S/C27H17N7O4/c1-37-25-12-17(7-9-24(25)38-23-10-8-21(34(35)36)13-18(23)14-28)11-19(15-29)26-22(16-30)27(31)33(32-26)20-5-3-2-4-6-20/h2-13H,31H2,1H3/b19-11+. The minimum absolute atomic E-state index is 0.0207. The van der Waals surface area contributed by atoms with Crippen molar-refractivity contribution < 1.29 is 14.4 Å². The predicted molar refractivity (Wildman–Crippen MR) is 137 cm³/mol. The molecule has 11 heteroatoms. The van der Waals surface area contributed by atoms with Gasteiger partial charge in [0.15, 0.2) is 11.5 Å². The second-order valence-corrected chi connectivity index (χ2v) is 7.70. The summed E-state index contributed by atoms with van der Waals surface area (Å²) in [5.41, 5.74) is 7.36. The number of rotatable bonds is 7. The van der Waals surface area contributed by atoms with Gasteiger partial charge in [-0.15, -0.1) is 0 Å². The number of anilines is 1. The second kappa shape index (κ2) is 10.6. The summed E-state index contributed by atoms with van der Waals surface area (Å²) in [7, 11) is 1.41. The van der Waals surface area contributed by atoms with Crippen LogP contribution in [-0.2, 0) is 0 Å². The van der Waals surface area contributed by atoms with Crippen LogP contribution in [-0.4, -0.2) is 21.8 Å². The van der Waals surface area contributed by atoms with Gasteiger partial charge in [-0.05, 0) is 42.0 Å². The summed E-state index contributed by atoms with van der Waals surface area (Å²) in [5.74, 6) is 0.725. The Morgan fingerprint density at radius 3 is 2.39 bits per heavy atom. The Bertz CT molecular complexity index is 1700. The van der Waals surface area contributed by atoms with Gasteiger partial charge < -0.3 is 15.2 Å². The Morgan fingerprint density at radius 1 is 1.03 bits per heavy atom. The van der Waals surface area contributed by atoms with Crippen molar-refractivity contribution in [2.45, 2.75) is 0 Å². The van der Waals surface area contributed by atoms with E-state index in [2.05, 4.69) is 11.2 Å². The lowest BCUT2D eigenvalue weighted by Gasteiger charge is -2.12. The summed E-state index contributed by atoms with van der Waals surface area (Å²) >= 11 is 0. The molecule has 184 valence electrons. The highest BCUT2D eigenvalue weighted by Gasteiger charge is 2.20. The van der Waals surface area contributed by atoms with Crippen LogP contribution in [0.1, 0.15) is 22.4 Å². The van der Waals surface area contributed by atoms with Crippen molar-refractivity contribution in [2.75, 3.05) is 12.8 Å².